The first-order valence-corrected chi connectivity index (χ1v) is 8.51. The fourth-order valence-electron chi connectivity index (χ4n) is 3.00. The third-order valence-electron chi connectivity index (χ3n) is 4.46. The SMILES string of the molecule is C[C@H]1CN(C(=O)O)CCN1c1cccc(OCc2ccc(C#N)cc2F)n1. The van der Waals surface area contributed by atoms with Crippen molar-refractivity contribution in [2.75, 3.05) is 24.5 Å². The van der Waals surface area contributed by atoms with Gasteiger partial charge in [-0.15, -0.1) is 0 Å². The van der Waals surface area contributed by atoms with Crippen molar-refractivity contribution in [3.05, 3.63) is 53.3 Å². The van der Waals surface area contributed by atoms with E-state index in [1.165, 1.54) is 23.1 Å². The van der Waals surface area contributed by atoms with Gasteiger partial charge in [-0.3, -0.25) is 0 Å². The van der Waals surface area contributed by atoms with Crippen LogP contribution in [0.5, 0.6) is 5.88 Å². The van der Waals surface area contributed by atoms with Crippen molar-refractivity contribution < 1.29 is 19.0 Å². The second-order valence-corrected chi connectivity index (χ2v) is 6.31. The summed E-state index contributed by atoms with van der Waals surface area (Å²) in [5, 5.41) is 17.9. The molecular formula is C19H19FN4O3. The average Bonchev–Trinajstić information content (AvgIpc) is 2.67. The molecule has 0 bridgehead atoms. The smallest absolute Gasteiger partial charge is 0.407 e. The van der Waals surface area contributed by atoms with Gasteiger partial charge in [-0.1, -0.05) is 12.1 Å². The summed E-state index contributed by atoms with van der Waals surface area (Å²) >= 11 is 0. The third-order valence-corrected chi connectivity index (χ3v) is 4.46. The number of piperazine rings is 1. The molecule has 1 N–H and O–H groups in total. The Morgan fingerprint density at radius 1 is 1.41 bits per heavy atom. The lowest BCUT2D eigenvalue weighted by Crippen LogP contribution is -2.53. The fourth-order valence-corrected chi connectivity index (χ4v) is 3.00. The Kier molecular flexibility index (Phi) is 5.41. The van der Waals surface area contributed by atoms with Gasteiger partial charge in [0.25, 0.3) is 0 Å². The predicted molar refractivity (Wildman–Crippen MR) is 96.1 cm³/mol. The molecule has 0 unspecified atom stereocenters. The molecule has 8 heteroatoms. The first-order valence-electron chi connectivity index (χ1n) is 8.51. The van der Waals surface area contributed by atoms with Gasteiger partial charge in [0.15, 0.2) is 0 Å². The van der Waals surface area contributed by atoms with Crippen LogP contribution in [-0.2, 0) is 6.61 Å². The zero-order chi connectivity index (χ0) is 19.4. The fraction of sp³-hybridized carbons (Fsp3) is 0.316. The number of carbonyl (C=O) groups is 1. The van der Waals surface area contributed by atoms with Crippen LogP contribution in [0.1, 0.15) is 18.1 Å². The summed E-state index contributed by atoms with van der Waals surface area (Å²) in [5.41, 5.74) is 0.593. The Morgan fingerprint density at radius 3 is 2.89 bits per heavy atom. The number of ether oxygens (including phenoxy) is 1. The average molecular weight is 370 g/mol. The molecule has 0 saturated carbocycles. The Bertz CT molecular complexity index is 883. The number of aromatic nitrogens is 1. The maximum atomic E-state index is 14.0. The van der Waals surface area contributed by atoms with Crippen LogP contribution < -0.4 is 9.64 Å². The van der Waals surface area contributed by atoms with E-state index in [0.717, 1.165) is 0 Å². The van der Waals surface area contributed by atoms with Crippen LogP contribution in [0.3, 0.4) is 0 Å². The van der Waals surface area contributed by atoms with Crippen molar-refractivity contribution in [3.8, 4) is 11.9 Å². The molecule has 3 rings (SSSR count). The molecule has 1 fully saturated rings. The zero-order valence-electron chi connectivity index (χ0n) is 14.8. The molecule has 1 atom stereocenters. The zero-order valence-corrected chi connectivity index (χ0v) is 14.8. The second kappa shape index (κ2) is 7.91. The van der Waals surface area contributed by atoms with Gasteiger partial charge in [0.05, 0.1) is 11.6 Å². The van der Waals surface area contributed by atoms with E-state index in [0.29, 0.717) is 36.9 Å². The molecule has 2 heterocycles. The molecule has 0 aliphatic carbocycles. The lowest BCUT2D eigenvalue weighted by atomic mass is 10.1. The number of carboxylic acid groups (broad SMARTS) is 1. The van der Waals surface area contributed by atoms with Crippen molar-refractivity contribution >= 4 is 11.9 Å². The largest absolute Gasteiger partial charge is 0.473 e. The van der Waals surface area contributed by atoms with Crippen molar-refractivity contribution in [2.24, 2.45) is 0 Å². The van der Waals surface area contributed by atoms with Gasteiger partial charge in [0.1, 0.15) is 18.2 Å². The Labute approximate surface area is 156 Å². The van der Waals surface area contributed by atoms with Crippen LogP contribution in [0.25, 0.3) is 0 Å². The van der Waals surface area contributed by atoms with Crippen molar-refractivity contribution in [2.45, 2.75) is 19.6 Å². The summed E-state index contributed by atoms with van der Waals surface area (Å²) in [6.45, 7) is 3.28. The monoisotopic (exact) mass is 370 g/mol. The molecular weight excluding hydrogens is 351 g/mol. The number of hydrogen-bond acceptors (Lipinski definition) is 5. The van der Waals surface area contributed by atoms with Gasteiger partial charge in [-0.25, -0.2) is 9.18 Å². The van der Waals surface area contributed by atoms with E-state index in [2.05, 4.69) is 4.98 Å². The highest BCUT2D eigenvalue weighted by Crippen LogP contribution is 2.22. The van der Waals surface area contributed by atoms with E-state index in [1.54, 1.807) is 12.1 Å². The molecule has 1 aromatic carbocycles. The molecule has 1 saturated heterocycles. The van der Waals surface area contributed by atoms with Gasteiger partial charge < -0.3 is 19.6 Å². The molecule has 2 aromatic rings. The number of benzene rings is 1. The standard InChI is InChI=1S/C19H19FN4O3/c1-13-11-23(19(25)26)7-8-24(13)17-3-2-4-18(22-17)27-12-15-6-5-14(10-21)9-16(15)20/h2-6,9,13H,7-8,11-12H2,1H3,(H,25,26)/t13-/m0/s1. The highest BCUT2D eigenvalue weighted by Gasteiger charge is 2.27. The number of anilines is 1. The second-order valence-electron chi connectivity index (χ2n) is 6.31. The quantitative estimate of drug-likeness (QED) is 0.890. The van der Waals surface area contributed by atoms with Crippen LogP contribution >= 0.6 is 0 Å². The van der Waals surface area contributed by atoms with Crippen molar-refractivity contribution in [1.82, 2.24) is 9.88 Å². The van der Waals surface area contributed by atoms with Crippen LogP contribution in [0, 0.1) is 17.1 Å². The number of nitrogens with zero attached hydrogens (tertiary/aromatic N) is 4. The van der Waals surface area contributed by atoms with E-state index in [-0.39, 0.29) is 18.2 Å². The molecule has 0 spiro atoms. The summed E-state index contributed by atoms with van der Waals surface area (Å²) < 4.78 is 19.6. The number of halogens is 1. The maximum absolute atomic E-state index is 14.0. The van der Waals surface area contributed by atoms with E-state index < -0.39 is 11.9 Å². The summed E-state index contributed by atoms with van der Waals surface area (Å²) in [6, 6.07) is 11.4. The number of hydrogen-bond donors (Lipinski definition) is 1. The molecule has 27 heavy (non-hydrogen) atoms. The minimum absolute atomic E-state index is 0.00363. The summed E-state index contributed by atoms with van der Waals surface area (Å²) in [7, 11) is 0. The minimum Gasteiger partial charge on any atom is -0.473 e. The van der Waals surface area contributed by atoms with E-state index >= 15 is 0 Å². The van der Waals surface area contributed by atoms with E-state index in [9.17, 15) is 9.18 Å². The number of rotatable bonds is 4. The van der Waals surface area contributed by atoms with Crippen LogP contribution in [-0.4, -0.2) is 46.8 Å². The number of pyridine rings is 1. The molecule has 0 radical (unpaired) electrons. The van der Waals surface area contributed by atoms with Gasteiger partial charge in [0, 0.05) is 37.3 Å². The Hall–Kier alpha value is -3.34. The first-order chi connectivity index (χ1) is 13.0. The minimum atomic E-state index is -0.920. The van der Waals surface area contributed by atoms with Crippen LogP contribution in [0.15, 0.2) is 36.4 Å². The summed E-state index contributed by atoms with van der Waals surface area (Å²) in [5.74, 6) is 0.540. The van der Waals surface area contributed by atoms with Crippen LogP contribution in [0.4, 0.5) is 15.0 Å². The van der Waals surface area contributed by atoms with Crippen molar-refractivity contribution in [3.63, 3.8) is 0 Å². The highest BCUT2D eigenvalue weighted by atomic mass is 19.1. The molecule has 140 valence electrons. The summed E-state index contributed by atoms with van der Waals surface area (Å²) in [6.07, 6.45) is -0.920. The van der Waals surface area contributed by atoms with Gasteiger partial charge >= 0.3 is 6.09 Å². The van der Waals surface area contributed by atoms with Crippen molar-refractivity contribution in [1.29, 1.82) is 5.26 Å². The Balaban J connectivity index is 1.67. The Morgan fingerprint density at radius 2 is 2.22 bits per heavy atom. The first kappa shape index (κ1) is 18.5. The normalized spacial score (nSPS) is 16.7. The molecule has 1 aliphatic rings. The molecule has 1 aromatic heterocycles. The maximum Gasteiger partial charge on any atom is 0.407 e. The summed E-state index contributed by atoms with van der Waals surface area (Å²) in [4.78, 5) is 19.0. The molecule has 7 nitrogen and oxygen atoms in total. The van der Waals surface area contributed by atoms with Gasteiger partial charge in [-0.05, 0) is 25.1 Å². The highest BCUT2D eigenvalue weighted by molar-refractivity contribution is 5.65. The van der Waals surface area contributed by atoms with Gasteiger partial charge in [0.2, 0.25) is 5.88 Å². The number of amides is 1. The topological polar surface area (TPSA) is 89.7 Å². The molecule has 1 amide bonds. The lowest BCUT2D eigenvalue weighted by Gasteiger charge is -2.39. The molecule has 1 aliphatic heterocycles. The van der Waals surface area contributed by atoms with E-state index in [4.69, 9.17) is 15.1 Å². The lowest BCUT2D eigenvalue weighted by molar-refractivity contribution is 0.136. The van der Waals surface area contributed by atoms with Crippen LogP contribution in [0.2, 0.25) is 0 Å². The number of nitriles is 1. The van der Waals surface area contributed by atoms with Gasteiger partial charge in [-0.2, -0.15) is 10.2 Å². The predicted octanol–water partition coefficient (Wildman–Crippen LogP) is 2.86. The third kappa shape index (κ3) is 4.26. The van der Waals surface area contributed by atoms with E-state index in [1.807, 2.05) is 24.0 Å².